The fourth-order valence-electron chi connectivity index (χ4n) is 1.78. The van der Waals surface area contributed by atoms with Crippen LogP contribution in [0.15, 0.2) is 46.0 Å². The zero-order valence-electron chi connectivity index (χ0n) is 11.2. The molecule has 0 aliphatic heterocycles. The summed E-state index contributed by atoms with van der Waals surface area (Å²) >= 11 is 3.36. The van der Waals surface area contributed by atoms with E-state index in [2.05, 4.69) is 21.1 Å². The fourth-order valence-corrected chi connectivity index (χ4v) is 2.14. The third-order valence-electron chi connectivity index (χ3n) is 2.89. The average molecular weight is 335 g/mol. The monoisotopic (exact) mass is 334 g/mol. The SMILES string of the molecule is Cc1ccc(C)c(Oc2ccc(Br)cc2/C(N)=N/O)c1. The van der Waals surface area contributed by atoms with Gasteiger partial charge in [0.25, 0.3) is 0 Å². The van der Waals surface area contributed by atoms with Gasteiger partial charge in [0.15, 0.2) is 5.84 Å². The highest BCUT2D eigenvalue weighted by atomic mass is 79.9. The van der Waals surface area contributed by atoms with Crippen molar-refractivity contribution in [3.8, 4) is 11.5 Å². The van der Waals surface area contributed by atoms with Crippen molar-refractivity contribution in [2.45, 2.75) is 13.8 Å². The Kier molecular flexibility index (Phi) is 4.29. The Morgan fingerprint density at radius 2 is 1.90 bits per heavy atom. The third-order valence-corrected chi connectivity index (χ3v) is 3.38. The van der Waals surface area contributed by atoms with Crippen molar-refractivity contribution in [1.29, 1.82) is 0 Å². The van der Waals surface area contributed by atoms with Crippen LogP contribution >= 0.6 is 15.9 Å². The van der Waals surface area contributed by atoms with Gasteiger partial charge in [0.1, 0.15) is 11.5 Å². The number of ether oxygens (including phenoxy) is 1. The number of oxime groups is 1. The number of hydrogen-bond acceptors (Lipinski definition) is 3. The zero-order valence-corrected chi connectivity index (χ0v) is 12.8. The van der Waals surface area contributed by atoms with Crippen LogP contribution in [0.3, 0.4) is 0 Å². The number of nitrogens with zero attached hydrogens (tertiary/aromatic N) is 1. The van der Waals surface area contributed by atoms with E-state index in [1.807, 2.05) is 38.1 Å². The van der Waals surface area contributed by atoms with Crippen molar-refractivity contribution in [3.05, 3.63) is 57.6 Å². The van der Waals surface area contributed by atoms with Crippen LogP contribution in [0.1, 0.15) is 16.7 Å². The predicted octanol–water partition coefficient (Wildman–Crippen LogP) is 3.95. The van der Waals surface area contributed by atoms with Gasteiger partial charge in [-0.3, -0.25) is 0 Å². The summed E-state index contributed by atoms with van der Waals surface area (Å²) in [4.78, 5) is 0. The first-order chi connectivity index (χ1) is 9.51. The molecular weight excluding hydrogens is 320 g/mol. The van der Waals surface area contributed by atoms with Crippen LogP contribution in [0, 0.1) is 13.8 Å². The van der Waals surface area contributed by atoms with E-state index in [1.54, 1.807) is 12.1 Å². The van der Waals surface area contributed by atoms with Gasteiger partial charge in [-0.15, -0.1) is 0 Å². The number of aryl methyl sites for hydroxylation is 2. The van der Waals surface area contributed by atoms with Crippen molar-refractivity contribution in [1.82, 2.24) is 0 Å². The molecule has 104 valence electrons. The summed E-state index contributed by atoms with van der Waals surface area (Å²) in [7, 11) is 0. The molecule has 2 aromatic rings. The van der Waals surface area contributed by atoms with Crippen LogP contribution in [-0.2, 0) is 0 Å². The summed E-state index contributed by atoms with van der Waals surface area (Å²) in [5.74, 6) is 1.29. The van der Waals surface area contributed by atoms with Crippen LogP contribution in [0.2, 0.25) is 0 Å². The molecule has 0 amide bonds. The van der Waals surface area contributed by atoms with Crippen molar-refractivity contribution in [2.24, 2.45) is 10.9 Å². The second kappa shape index (κ2) is 5.96. The van der Waals surface area contributed by atoms with Crippen LogP contribution < -0.4 is 10.5 Å². The second-order valence-corrected chi connectivity index (χ2v) is 5.41. The number of rotatable bonds is 3. The molecule has 0 aromatic heterocycles. The fraction of sp³-hybridized carbons (Fsp3) is 0.133. The molecule has 0 aliphatic carbocycles. The molecule has 0 spiro atoms. The highest BCUT2D eigenvalue weighted by Crippen LogP contribution is 2.30. The summed E-state index contributed by atoms with van der Waals surface area (Å²) in [6.07, 6.45) is 0. The lowest BCUT2D eigenvalue weighted by atomic mass is 10.1. The molecule has 2 rings (SSSR count). The Hall–Kier alpha value is -2.01. The molecule has 3 N–H and O–H groups in total. The summed E-state index contributed by atoms with van der Waals surface area (Å²) in [5, 5.41) is 11.9. The van der Waals surface area contributed by atoms with E-state index in [0.29, 0.717) is 11.3 Å². The zero-order chi connectivity index (χ0) is 14.7. The molecule has 0 saturated heterocycles. The maximum atomic E-state index is 8.86. The molecule has 0 saturated carbocycles. The van der Waals surface area contributed by atoms with E-state index in [1.165, 1.54) is 0 Å². The van der Waals surface area contributed by atoms with Gasteiger partial charge in [-0.2, -0.15) is 0 Å². The Balaban J connectivity index is 2.46. The number of hydrogen-bond donors (Lipinski definition) is 2. The molecule has 0 radical (unpaired) electrons. The van der Waals surface area contributed by atoms with E-state index in [0.717, 1.165) is 21.3 Å². The Morgan fingerprint density at radius 3 is 2.60 bits per heavy atom. The van der Waals surface area contributed by atoms with Gasteiger partial charge >= 0.3 is 0 Å². The summed E-state index contributed by atoms with van der Waals surface area (Å²) in [5.41, 5.74) is 8.34. The Bertz CT molecular complexity index is 669. The molecule has 0 aliphatic rings. The van der Waals surface area contributed by atoms with E-state index in [4.69, 9.17) is 15.7 Å². The summed E-state index contributed by atoms with van der Waals surface area (Å²) < 4.78 is 6.73. The first-order valence-electron chi connectivity index (χ1n) is 6.04. The average Bonchev–Trinajstić information content (AvgIpc) is 2.43. The minimum absolute atomic E-state index is 0.00612. The number of halogens is 1. The predicted molar refractivity (Wildman–Crippen MR) is 82.6 cm³/mol. The number of benzene rings is 2. The summed E-state index contributed by atoms with van der Waals surface area (Å²) in [6, 6.07) is 11.3. The quantitative estimate of drug-likeness (QED) is 0.386. The van der Waals surface area contributed by atoms with Gasteiger partial charge < -0.3 is 15.7 Å². The lowest BCUT2D eigenvalue weighted by molar-refractivity contribution is 0.318. The first kappa shape index (κ1) is 14.4. The largest absolute Gasteiger partial charge is 0.456 e. The van der Waals surface area contributed by atoms with E-state index >= 15 is 0 Å². The minimum Gasteiger partial charge on any atom is -0.456 e. The minimum atomic E-state index is 0.00612. The van der Waals surface area contributed by atoms with Crippen LogP contribution in [0.4, 0.5) is 0 Å². The Labute approximate surface area is 126 Å². The highest BCUT2D eigenvalue weighted by molar-refractivity contribution is 9.10. The number of amidine groups is 1. The smallest absolute Gasteiger partial charge is 0.173 e. The van der Waals surface area contributed by atoms with Gasteiger partial charge in [-0.05, 0) is 49.2 Å². The van der Waals surface area contributed by atoms with Crippen molar-refractivity contribution < 1.29 is 9.94 Å². The molecule has 4 nitrogen and oxygen atoms in total. The molecule has 0 atom stereocenters. The lowest BCUT2D eigenvalue weighted by Crippen LogP contribution is -2.14. The van der Waals surface area contributed by atoms with Gasteiger partial charge in [0, 0.05) is 4.47 Å². The van der Waals surface area contributed by atoms with Crippen LogP contribution in [0.5, 0.6) is 11.5 Å². The van der Waals surface area contributed by atoms with Gasteiger partial charge in [-0.25, -0.2) is 0 Å². The molecule has 0 heterocycles. The maximum absolute atomic E-state index is 8.86. The van der Waals surface area contributed by atoms with Gasteiger partial charge in [0.05, 0.1) is 5.56 Å². The van der Waals surface area contributed by atoms with Gasteiger partial charge in [0.2, 0.25) is 0 Å². The lowest BCUT2D eigenvalue weighted by Gasteiger charge is -2.13. The molecule has 20 heavy (non-hydrogen) atoms. The van der Waals surface area contributed by atoms with Crippen LogP contribution in [-0.4, -0.2) is 11.0 Å². The third kappa shape index (κ3) is 3.11. The molecule has 0 unspecified atom stereocenters. The van der Waals surface area contributed by atoms with Crippen LogP contribution in [0.25, 0.3) is 0 Å². The first-order valence-corrected chi connectivity index (χ1v) is 6.83. The van der Waals surface area contributed by atoms with E-state index in [-0.39, 0.29) is 5.84 Å². The highest BCUT2D eigenvalue weighted by Gasteiger charge is 2.11. The molecule has 0 fully saturated rings. The second-order valence-electron chi connectivity index (χ2n) is 4.50. The number of nitrogens with two attached hydrogens (primary N) is 1. The maximum Gasteiger partial charge on any atom is 0.173 e. The normalized spacial score (nSPS) is 11.4. The van der Waals surface area contributed by atoms with E-state index < -0.39 is 0 Å². The standard InChI is InChI=1S/C15H15BrN2O2/c1-9-3-4-10(2)14(7-9)20-13-6-5-11(16)8-12(13)15(17)18-19/h3-8,19H,1-2H3,(H2,17,18). The molecular formula is C15H15BrN2O2. The summed E-state index contributed by atoms with van der Waals surface area (Å²) in [6.45, 7) is 3.97. The molecule has 0 bridgehead atoms. The Morgan fingerprint density at radius 1 is 1.15 bits per heavy atom. The topological polar surface area (TPSA) is 67.8 Å². The van der Waals surface area contributed by atoms with Crippen molar-refractivity contribution >= 4 is 21.8 Å². The van der Waals surface area contributed by atoms with E-state index in [9.17, 15) is 0 Å². The van der Waals surface area contributed by atoms with Crippen molar-refractivity contribution in [3.63, 3.8) is 0 Å². The molecule has 2 aromatic carbocycles. The molecule has 5 heteroatoms. The van der Waals surface area contributed by atoms with Gasteiger partial charge in [-0.1, -0.05) is 33.2 Å². The van der Waals surface area contributed by atoms with Crippen molar-refractivity contribution in [2.75, 3.05) is 0 Å².